The first-order valence-corrected chi connectivity index (χ1v) is 10.0. The lowest BCUT2D eigenvalue weighted by atomic mass is 10.2. The smallest absolute Gasteiger partial charge is 0.238 e. The zero-order valence-corrected chi connectivity index (χ0v) is 17.1. The van der Waals surface area contributed by atoms with Crippen molar-refractivity contribution in [3.63, 3.8) is 0 Å². The van der Waals surface area contributed by atoms with Crippen molar-refractivity contribution < 1.29 is 14.3 Å². The summed E-state index contributed by atoms with van der Waals surface area (Å²) < 4.78 is 5.34. The molecule has 3 rings (SSSR count). The minimum absolute atomic E-state index is 0.107. The van der Waals surface area contributed by atoms with Crippen LogP contribution in [0.15, 0.2) is 53.5 Å². The fraction of sp³-hybridized carbons (Fsp3) is 0.250. The number of carbonyl (C=O) groups is 2. The van der Waals surface area contributed by atoms with Gasteiger partial charge in [-0.3, -0.25) is 14.5 Å². The van der Waals surface area contributed by atoms with Crippen LogP contribution >= 0.6 is 23.4 Å². The Bertz CT molecular complexity index is 919. The molecule has 2 amide bonds. The fourth-order valence-electron chi connectivity index (χ4n) is 2.77. The van der Waals surface area contributed by atoms with E-state index in [-0.39, 0.29) is 18.2 Å². The van der Waals surface area contributed by atoms with Crippen molar-refractivity contribution in [1.82, 2.24) is 4.90 Å². The molecular formula is C20H20ClN3O3S. The van der Waals surface area contributed by atoms with Crippen molar-refractivity contribution in [1.29, 1.82) is 0 Å². The van der Waals surface area contributed by atoms with Gasteiger partial charge in [0.2, 0.25) is 11.8 Å². The van der Waals surface area contributed by atoms with E-state index in [4.69, 9.17) is 16.3 Å². The van der Waals surface area contributed by atoms with Crippen LogP contribution in [0.25, 0.3) is 0 Å². The van der Waals surface area contributed by atoms with E-state index in [1.807, 2.05) is 19.1 Å². The van der Waals surface area contributed by atoms with Gasteiger partial charge >= 0.3 is 0 Å². The summed E-state index contributed by atoms with van der Waals surface area (Å²) in [5.41, 5.74) is 1.20. The molecule has 6 nitrogen and oxygen atoms in total. The molecule has 2 aromatic rings. The minimum atomic E-state index is -0.581. The molecule has 2 aromatic carbocycles. The standard InChI is InChI=1S/C20H20ClN3O3S/c1-3-24-18(25)12-17(19(26)22-14-8-6-7-13(21)11-14)28-20(24)23-15-9-4-5-10-16(15)27-2/h4-11,17H,3,12H2,1-2H3,(H,22,26)/t17-/m0/s1. The maximum atomic E-state index is 12.7. The summed E-state index contributed by atoms with van der Waals surface area (Å²) in [7, 11) is 1.57. The van der Waals surface area contributed by atoms with E-state index < -0.39 is 5.25 Å². The number of methoxy groups -OCH3 is 1. The molecule has 0 radical (unpaired) electrons. The van der Waals surface area contributed by atoms with Crippen molar-refractivity contribution in [3.8, 4) is 5.75 Å². The Morgan fingerprint density at radius 1 is 1.32 bits per heavy atom. The number of thioether (sulfide) groups is 1. The number of halogens is 1. The highest BCUT2D eigenvalue weighted by Gasteiger charge is 2.35. The Balaban J connectivity index is 1.84. The highest BCUT2D eigenvalue weighted by molar-refractivity contribution is 8.15. The van der Waals surface area contributed by atoms with Crippen molar-refractivity contribution in [2.24, 2.45) is 4.99 Å². The number of carbonyl (C=O) groups excluding carboxylic acids is 2. The third-order valence-corrected chi connectivity index (χ3v) is 5.56. The molecule has 1 heterocycles. The van der Waals surface area contributed by atoms with Crippen LogP contribution in [0.4, 0.5) is 11.4 Å². The van der Waals surface area contributed by atoms with Crippen LogP contribution in [0, 0.1) is 0 Å². The maximum absolute atomic E-state index is 12.7. The Morgan fingerprint density at radius 2 is 2.11 bits per heavy atom. The summed E-state index contributed by atoms with van der Waals surface area (Å²) >= 11 is 7.24. The number of hydrogen-bond acceptors (Lipinski definition) is 5. The van der Waals surface area contributed by atoms with Crippen molar-refractivity contribution in [3.05, 3.63) is 53.6 Å². The van der Waals surface area contributed by atoms with Gasteiger partial charge in [0, 0.05) is 23.7 Å². The molecule has 28 heavy (non-hydrogen) atoms. The van der Waals surface area contributed by atoms with E-state index in [1.54, 1.807) is 48.4 Å². The molecule has 146 valence electrons. The van der Waals surface area contributed by atoms with Gasteiger partial charge in [-0.1, -0.05) is 41.6 Å². The lowest BCUT2D eigenvalue weighted by Crippen LogP contribution is -2.45. The molecule has 0 aliphatic carbocycles. The predicted octanol–water partition coefficient (Wildman–Crippen LogP) is 4.33. The first-order chi connectivity index (χ1) is 13.5. The second-order valence-corrected chi connectivity index (χ2v) is 7.62. The van der Waals surface area contributed by atoms with Gasteiger partial charge in [0.25, 0.3) is 0 Å². The zero-order chi connectivity index (χ0) is 20.1. The molecule has 0 bridgehead atoms. The fourth-order valence-corrected chi connectivity index (χ4v) is 4.11. The Kier molecular flexibility index (Phi) is 6.59. The van der Waals surface area contributed by atoms with Crippen LogP contribution in [0.5, 0.6) is 5.75 Å². The molecule has 8 heteroatoms. The number of ether oxygens (including phenoxy) is 1. The lowest BCUT2D eigenvalue weighted by molar-refractivity contribution is -0.129. The summed E-state index contributed by atoms with van der Waals surface area (Å²) in [6, 6.07) is 14.2. The monoisotopic (exact) mass is 417 g/mol. The molecule has 1 atom stereocenters. The summed E-state index contributed by atoms with van der Waals surface area (Å²) in [5.74, 6) is 0.204. The zero-order valence-electron chi connectivity index (χ0n) is 15.5. The molecule has 1 fully saturated rings. The van der Waals surface area contributed by atoms with Gasteiger partial charge in [-0.2, -0.15) is 0 Å². The summed E-state index contributed by atoms with van der Waals surface area (Å²) in [5, 5.41) is 3.25. The van der Waals surface area contributed by atoms with Crippen LogP contribution in [0.2, 0.25) is 5.02 Å². The number of para-hydroxylation sites is 2. The minimum Gasteiger partial charge on any atom is -0.494 e. The van der Waals surface area contributed by atoms with E-state index in [0.717, 1.165) is 0 Å². The molecule has 0 spiro atoms. The van der Waals surface area contributed by atoms with Gasteiger partial charge in [0.15, 0.2) is 5.17 Å². The largest absolute Gasteiger partial charge is 0.494 e. The van der Waals surface area contributed by atoms with Gasteiger partial charge in [0.1, 0.15) is 16.7 Å². The first kappa shape index (κ1) is 20.2. The van der Waals surface area contributed by atoms with Crippen LogP contribution in [0.3, 0.4) is 0 Å². The average Bonchev–Trinajstić information content (AvgIpc) is 2.68. The summed E-state index contributed by atoms with van der Waals surface area (Å²) in [4.78, 5) is 31.5. The second kappa shape index (κ2) is 9.12. The predicted molar refractivity (Wildman–Crippen MR) is 114 cm³/mol. The van der Waals surface area contributed by atoms with Crippen LogP contribution in [-0.2, 0) is 9.59 Å². The molecule has 1 aliphatic heterocycles. The molecule has 0 saturated carbocycles. The number of hydrogen-bond donors (Lipinski definition) is 1. The van der Waals surface area contributed by atoms with E-state index in [9.17, 15) is 9.59 Å². The van der Waals surface area contributed by atoms with E-state index >= 15 is 0 Å². The molecular weight excluding hydrogens is 398 g/mol. The third-order valence-electron chi connectivity index (χ3n) is 4.14. The summed E-state index contributed by atoms with van der Waals surface area (Å²) in [6.45, 7) is 2.35. The van der Waals surface area contributed by atoms with Gasteiger partial charge in [-0.05, 0) is 37.3 Å². The summed E-state index contributed by atoms with van der Waals surface area (Å²) in [6.07, 6.45) is 0.107. The highest BCUT2D eigenvalue weighted by Crippen LogP contribution is 2.33. The number of benzene rings is 2. The number of nitrogens with one attached hydrogen (secondary N) is 1. The lowest BCUT2D eigenvalue weighted by Gasteiger charge is -2.31. The van der Waals surface area contributed by atoms with E-state index in [0.29, 0.717) is 33.9 Å². The van der Waals surface area contributed by atoms with Crippen molar-refractivity contribution in [2.45, 2.75) is 18.6 Å². The second-order valence-electron chi connectivity index (χ2n) is 6.01. The quantitative estimate of drug-likeness (QED) is 0.786. The van der Waals surface area contributed by atoms with E-state index in [1.165, 1.54) is 11.8 Å². The van der Waals surface area contributed by atoms with Crippen molar-refractivity contribution >= 4 is 51.7 Å². The van der Waals surface area contributed by atoms with Crippen LogP contribution in [-0.4, -0.2) is 40.8 Å². The Labute approximate surface area is 172 Å². The maximum Gasteiger partial charge on any atom is 0.238 e. The van der Waals surface area contributed by atoms with Gasteiger partial charge in [-0.15, -0.1) is 0 Å². The molecule has 1 aliphatic rings. The third kappa shape index (κ3) is 4.66. The normalized spacial score (nSPS) is 18.2. The molecule has 1 saturated heterocycles. The number of amidine groups is 1. The number of anilines is 1. The van der Waals surface area contributed by atoms with Crippen LogP contribution in [0.1, 0.15) is 13.3 Å². The van der Waals surface area contributed by atoms with Gasteiger partial charge < -0.3 is 10.1 Å². The Hall–Kier alpha value is -2.51. The topological polar surface area (TPSA) is 71.0 Å². The molecule has 0 aromatic heterocycles. The number of amides is 2. The Morgan fingerprint density at radius 3 is 2.82 bits per heavy atom. The number of nitrogens with zero attached hydrogens (tertiary/aromatic N) is 2. The molecule has 1 N–H and O–H groups in total. The SMILES string of the molecule is CCN1C(=O)C[C@@H](C(=O)Nc2cccc(Cl)c2)SC1=Nc1ccccc1OC. The van der Waals surface area contributed by atoms with Gasteiger partial charge in [0.05, 0.1) is 7.11 Å². The van der Waals surface area contributed by atoms with E-state index in [2.05, 4.69) is 10.3 Å². The first-order valence-electron chi connectivity index (χ1n) is 8.77. The average molecular weight is 418 g/mol. The number of rotatable bonds is 5. The number of aliphatic imine (C=N–C) groups is 1. The van der Waals surface area contributed by atoms with Crippen molar-refractivity contribution in [2.75, 3.05) is 19.0 Å². The van der Waals surface area contributed by atoms with Crippen LogP contribution < -0.4 is 10.1 Å². The molecule has 0 unspecified atom stereocenters. The highest BCUT2D eigenvalue weighted by atomic mass is 35.5. The van der Waals surface area contributed by atoms with Gasteiger partial charge in [-0.25, -0.2) is 4.99 Å².